The van der Waals surface area contributed by atoms with Crippen LogP contribution in [0.3, 0.4) is 0 Å². The first-order valence-electron chi connectivity index (χ1n) is 6.49. The third-order valence-corrected chi connectivity index (χ3v) is 3.88. The van der Waals surface area contributed by atoms with Gasteiger partial charge in [-0.3, -0.25) is 0 Å². The second-order valence-corrected chi connectivity index (χ2v) is 5.00. The van der Waals surface area contributed by atoms with Crippen molar-refractivity contribution < 1.29 is 0 Å². The van der Waals surface area contributed by atoms with Gasteiger partial charge in [-0.2, -0.15) is 0 Å². The van der Waals surface area contributed by atoms with E-state index in [4.69, 9.17) is 0 Å². The molecule has 0 bridgehead atoms. The quantitative estimate of drug-likeness (QED) is 0.666. The van der Waals surface area contributed by atoms with Gasteiger partial charge in [-0.05, 0) is 51.2 Å². The Labute approximate surface area is 88.9 Å². The molecule has 0 amide bonds. The third kappa shape index (κ3) is 3.27. The van der Waals surface area contributed by atoms with Gasteiger partial charge >= 0.3 is 0 Å². The molecule has 1 radical (unpaired) electrons. The van der Waals surface area contributed by atoms with Crippen molar-refractivity contribution >= 4 is 0 Å². The van der Waals surface area contributed by atoms with Crippen LogP contribution in [0.25, 0.3) is 0 Å². The maximum Gasteiger partial charge on any atom is -0.00160 e. The first kappa shape index (κ1) is 10.5. The molecule has 0 aromatic heterocycles. The third-order valence-electron chi connectivity index (χ3n) is 3.88. The van der Waals surface area contributed by atoms with Crippen LogP contribution in [0.15, 0.2) is 0 Å². The molecule has 81 valence electrons. The number of hydrogen-bond acceptors (Lipinski definition) is 1. The van der Waals surface area contributed by atoms with Crippen LogP contribution in [0, 0.1) is 12.3 Å². The summed E-state index contributed by atoms with van der Waals surface area (Å²) in [5.74, 6) is 1.06. The Morgan fingerprint density at radius 3 is 2.43 bits per heavy atom. The molecule has 0 spiro atoms. The summed E-state index contributed by atoms with van der Waals surface area (Å²) in [4.78, 5) is 2.66. The Morgan fingerprint density at radius 2 is 1.71 bits per heavy atom. The van der Waals surface area contributed by atoms with Crippen molar-refractivity contribution in [2.45, 2.75) is 51.4 Å². The summed E-state index contributed by atoms with van der Waals surface area (Å²) in [5.41, 5.74) is 0. The molecule has 1 aliphatic carbocycles. The molecule has 0 atom stereocenters. The van der Waals surface area contributed by atoms with Crippen molar-refractivity contribution in [1.82, 2.24) is 4.90 Å². The molecule has 14 heavy (non-hydrogen) atoms. The van der Waals surface area contributed by atoms with E-state index in [0.29, 0.717) is 0 Å². The molecule has 1 nitrogen and oxygen atoms in total. The maximum absolute atomic E-state index is 2.66. The summed E-state index contributed by atoms with van der Waals surface area (Å²) >= 11 is 0. The van der Waals surface area contributed by atoms with E-state index in [-0.39, 0.29) is 0 Å². The fraction of sp³-hybridized carbons (Fsp3) is 0.923. The zero-order valence-electron chi connectivity index (χ0n) is 9.38. The minimum Gasteiger partial charge on any atom is -0.303 e. The zero-order chi connectivity index (χ0) is 9.64. The number of hydrogen-bond donors (Lipinski definition) is 0. The van der Waals surface area contributed by atoms with Gasteiger partial charge in [-0.1, -0.05) is 32.1 Å². The van der Waals surface area contributed by atoms with E-state index < -0.39 is 0 Å². The largest absolute Gasteiger partial charge is 0.303 e. The van der Waals surface area contributed by atoms with Crippen molar-refractivity contribution in [3.63, 3.8) is 0 Å². The van der Waals surface area contributed by atoms with Gasteiger partial charge in [-0.15, -0.1) is 0 Å². The van der Waals surface area contributed by atoms with Crippen LogP contribution in [0.4, 0.5) is 0 Å². The van der Waals surface area contributed by atoms with E-state index in [1.807, 2.05) is 0 Å². The van der Waals surface area contributed by atoms with Gasteiger partial charge in [0, 0.05) is 0 Å². The minimum absolute atomic E-state index is 1.06. The van der Waals surface area contributed by atoms with E-state index in [9.17, 15) is 0 Å². The van der Waals surface area contributed by atoms with E-state index in [0.717, 1.165) is 5.92 Å². The molecule has 1 saturated heterocycles. The van der Waals surface area contributed by atoms with Gasteiger partial charge in [0.25, 0.3) is 0 Å². The van der Waals surface area contributed by atoms with Crippen molar-refractivity contribution in [3.05, 3.63) is 6.42 Å². The predicted octanol–water partition coefficient (Wildman–Crippen LogP) is 3.26. The van der Waals surface area contributed by atoms with Crippen LogP contribution in [0.1, 0.15) is 51.4 Å². The molecule has 2 fully saturated rings. The van der Waals surface area contributed by atoms with Gasteiger partial charge < -0.3 is 4.90 Å². The number of likely N-dealkylation sites (tertiary alicyclic amines) is 1. The highest BCUT2D eigenvalue weighted by Crippen LogP contribution is 2.26. The van der Waals surface area contributed by atoms with Crippen molar-refractivity contribution in [2.24, 2.45) is 5.92 Å². The van der Waals surface area contributed by atoms with E-state index >= 15 is 0 Å². The lowest BCUT2D eigenvalue weighted by atomic mass is 9.87. The van der Waals surface area contributed by atoms with Crippen LogP contribution in [-0.2, 0) is 0 Å². The normalized spacial score (nSPS) is 26.6. The summed E-state index contributed by atoms with van der Waals surface area (Å²) in [6.07, 6.45) is 14.1. The van der Waals surface area contributed by atoms with E-state index in [1.54, 1.807) is 0 Å². The second kappa shape index (κ2) is 5.75. The van der Waals surface area contributed by atoms with E-state index in [1.165, 1.54) is 71.0 Å². The number of piperidine rings is 1. The molecule has 2 aliphatic rings. The van der Waals surface area contributed by atoms with Crippen LogP contribution in [0.2, 0.25) is 0 Å². The predicted molar refractivity (Wildman–Crippen MR) is 61.2 cm³/mol. The Bertz CT molecular complexity index is 125. The lowest BCUT2D eigenvalue weighted by Crippen LogP contribution is -2.32. The Kier molecular flexibility index (Phi) is 4.30. The average molecular weight is 194 g/mol. The molecule has 1 heteroatoms. The molecular weight excluding hydrogens is 170 g/mol. The summed E-state index contributed by atoms with van der Waals surface area (Å²) in [6.45, 7) is 4.03. The van der Waals surface area contributed by atoms with Crippen LogP contribution in [-0.4, -0.2) is 24.5 Å². The van der Waals surface area contributed by atoms with Gasteiger partial charge in [0.1, 0.15) is 0 Å². The first-order chi connectivity index (χ1) is 6.95. The number of rotatable bonds is 3. The monoisotopic (exact) mass is 194 g/mol. The summed E-state index contributed by atoms with van der Waals surface area (Å²) in [6, 6.07) is 0. The number of nitrogens with zero attached hydrogens (tertiary/aromatic N) is 1. The smallest absolute Gasteiger partial charge is 0.00160 e. The SMILES string of the molecule is [CH]1CCN(CCC2CCCCC2)CC1. The molecule has 1 aliphatic heterocycles. The fourth-order valence-corrected chi connectivity index (χ4v) is 2.87. The molecule has 0 aromatic carbocycles. The lowest BCUT2D eigenvalue weighted by Gasteiger charge is -2.29. The second-order valence-electron chi connectivity index (χ2n) is 5.00. The van der Waals surface area contributed by atoms with Crippen molar-refractivity contribution in [2.75, 3.05) is 19.6 Å². The molecule has 2 rings (SSSR count). The van der Waals surface area contributed by atoms with Gasteiger partial charge in [-0.25, -0.2) is 0 Å². The van der Waals surface area contributed by atoms with Gasteiger partial charge in [0.05, 0.1) is 0 Å². The van der Waals surface area contributed by atoms with Crippen LogP contribution in [0.5, 0.6) is 0 Å². The first-order valence-corrected chi connectivity index (χ1v) is 6.49. The molecular formula is C13H24N. The zero-order valence-corrected chi connectivity index (χ0v) is 9.38. The molecule has 1 heterocycles. The maximum atomic E-state index is 2.66. The summed E-state index contributed by atoms with van der Waals surface area (Å²) in [7, 11) is 0. The summed E-state index contributed by atoms with van der Waals surface area (Å²) in [5, 5.41) is 0. The summed E-state index contributed by atoms with van der Waals surface area (Å²) < 4.78 is 0. The highest BCUT2D eigenvalue weighted by Gasteiger charge is 2.15. The molecule has 1 saturated carbocycles. The minimum atomic E-state index is 1.06. The Hall–Kier alpha value is -0.0400. The van der Waals surface area contributed by atoms with Crippen molar-refractivity contribution in [3.8, 4) is 0 Å². The van der Waals surface area contributed by atoms with Crippen molar-refractivity contribution in [1.29, 1.82) is 0 Å². The average Bonchev–Trinajstić information content (AvgIpc) is 2.29. The van der Waals surface area contributed by atoms with Crippen LogP contribution >= 0.6 is 0 Å². The van der Waals surface area contributed by atoms with E-state index in [2.05, 4.69) is 11.3 Å². The van der Waals surface area contributed by atoms with Gasteiger partial charge in [0.15, 0.2) is 0 Å². The highest BCUT2D eigenvalue weighted by atomic mass is 15.1. The Balaban J connectivity index is 1.60. The molecule has 0 unspecified atom stereocenters. The van der Waals surface area contributed by atoms with Gasteiger partial charge in [0.2, 0.25) is 0 Å². The lowest BCUT2D eigenvalue weighted by molar-refractivity contribution is 0.218. The topological polar surface area (TPSA) is 3.24 Å². The van der Waals surface area contributed by atoms with Crippen LogP contribution < -0.4 is 0 Å². The highest BCUT2D eigenvalue weighted by molar-refractivity contribution is 4.77. The fourth-order valence-electron chi connectivity index (χ4n) is 2.87. The molecule has 0 N–H and O–H groups in total. The standard InChI is InChI=1S/C13H24N/c1-3-7-13(8-4-1)9-12-14-10-5-2-6-11-14/h2,13H,1,3-12H2. The molecule has 0 aromatic rings. The Morgan fingerprint density at radius 1 is 1.00 bits per heavy atom.